The lowest BCUT2D eigenvalue weighted by Gasteiger charge is -2.10. The fraction of sp³-hybridized carbons (Fsp3) is 0.214. The molecule has 3 aromatic rings. The molecule has 0 saturated heterocycles. The number of ether oxygens (including phenoxy) is 1. The van der Waals surface area contributed by atoms with Gasteiger partial charge in [0.1, 0.15) is 17.5 Å². The van der Waals surface area contributed by atoms with Gasteiger partial charge in [0.2, 0.25) is 0 Å². The van der Waals surface area contributed by atoms with Gasteiger partial charge in [-0.15, -0.1) is 0 Å². The molecule has 7 heteroatoms. The van der Waals surface area contributed by atoms with Crippen molar-refractivity contribution in [2.24, 2.45) is 7.05 Å². The molecular weight excluding hydrogens is 336 g/mol. The maximum absolute atomic E-state index is 12.4. The highest BCUT2D eigenvalue weighted by Gasteiger charge is 2.10. The molecular formula is C14H13BrN4O2. The lowest BCUT2D eigenvalue weighted by atomic mass is 10.2. The van der Waals surface area contributed by atoms with Crippen LogP contribution in [-0.2, 0) is 13.6 Å². The molecule has 0 aliphatic carbocycles. The van der Waals surface area contributed by atoms with Gasteiger partial charge in [-0.05, 0) is 18.2 Å². The number of fused-ring (bicyclic) bond motifs is 1. The third kappa shape index (κ3) is 2.44. The minimum absolute atomic E-state index is 0.116. The van der Waals surface area contributed by atoms with Crippen molar-refractivity contribution in [3.8, 4) is 5.75 Å². The summed E-state index contributed by atoms with van der Waals surface area (Å²) in [5.74, 6) is 0.733. The summed E-state index contributed by atoms with van der Waals surface area (Å²) in [5, 5.41) is 4.57. The van der Waals surface area contributed by atoms with Crippen LogP contribution in [0.15, 0.2) is 40.0 Å². The van der Waals surface area contributed by atoms with Crippen molar-refractivity contribution >= 4 is 27.0 Å². The molecule has 2 aromatic heterocycles. The van der Waals surface area contributed by atoms with E-state index in [9.17, 15) is 4.79 Å². The minimum Gasteiger partial charge on any atom is -0.496 e. The summed E-state index contributed by atoms with van der Waals surface area (Å²) in [6.07, 6.45) is 3.08. The maximum atomic E-state index is 12.4. The van der Waals surface area contributed by atoms with E-state index in [-0.39, 0.29) is 5.56 Å². The quantitative estimate of drug-likeness (QED) is 0.725. The standard InChI is InChI=1S/C14H13BrN4O2/c1-18-13-11(6-17-18)14(20)19(8-16-13)7-9-5-10(15)3-4-12(9)21-2/h3-6,8H,7H2,1-2H3. The third-order valence-electron chi connectivity index (χ3n) is 3.30. The zero-order chi connectivity index (χ0) is 15.0. The predicted molar refractivity (Wildman–Crippen MR) is 82.6 cm³/mol. The average Bonchev–Trinajstić information content (AvgIpc) is 2.84. The number of aromatic nitrogens is 4. The molecule has 0 atom stereocenters. The zero-order valence-corrected chi connectivity index (χ0v) is 13.2. The molecule has 2 heterocycles. The molecule has 108 valence electrons. The summed E-state index contributed by atoms with van der Waals surface area (Å²) < 4.78 is 9.40. The van der Waals surface area contributed by atoms with E-state index in [1.54, 1.807) is 29.6 Å². The summed E-state index contributed by atoms with van der Waals surface area (Å²) in [7, 11) is 3.37. The first-order chi connectivity index (χ1) is 10.1. The van der Waals surface area contributed by atoms with Crippen molar-refractivity contribution in [2.45, 2.75) is 6.54 Å². The van der Waals surface area contributed by atoms with Gasteiger partial charge in [-0.25, -0.2) is 4.98 Å². The number of nitrogens with zero attached hydrogens (tertiary/aromatic N) is 4. The number of aryl methyl sites for hydroxylation is 1. The van der Waals surface area contributed by atoms with Crippen molar-refractivity contribution < 1.29 is 4.74 Å². The molecule has 3 rings (SSSR count). The molecule has 1 aromatic carbocycles. The van der Waals surface area contributed by atoms with E-state index in [1.807, 2.05) is 18.2 Å². The first-order valence-electron chi connectivity index (χ1n) is 6.29. The Labute approximate surface area is 129 Å². The number of methoxy groups -OCH3 is 1. The molecule has 0 N–H and O–H groups in total. The van der Waals surface area contributed by atoms with Gasteiger partial charge in [-0.3, -0.25) is 14.0 Å². The average molecular weight is 349 g/mol. The maximum Gasteiger partial charge on any atom is 0.264 e. The smallest absolute Gasteiger partial charge is 0.264 e. The highest BCUT2D eigenvalue weighted by atomic mass is 79.9. The van der Waals surface area contributed by atoms with Crippen molar-refractivity contribution in [1.82, 2.24) is 19.3 Å². The predicted octanol–water partition coefficient (Wildman–Crippen LogP) is 1.95. The molecule has 0 fully saturated rings. The van der Waals surface area contributed by atoms with Crippen molar-refractivity contribution in [3.63, 3.8) is 0 Å². The SMILES string of the molecule is COc1ccc(Br)cc1Cn1cnc2c(cnn2C)c1=O. The monoisotopic (exact) mass is 348 g/mol. The third-order valence-corrected chi connectivity index (χ3v) is 3.79. The van der Waals surface area contributed by atoms with Crippen LogP contribution < -0.4 is 10.3 Å². The molecule has 0 bridgehead atoms. The first-order valence-corrected chi connectivity index (χ1v) is 7.09. The summed E-state index contributed by atoms with van der Waals surface area (Å²) >= 11 is 3.43. The van der Waals surface area contributed by atoms with E-state index in [0.29, 0.717) is 17.6 Å². The van der Waals surface area contributed by atoms with Gasteiger partial charge in [-0.1, -0.05) is 15.9 Å². The molecule has 0 saturated carbocycles. The Morgan fingerprint density at radius 1 is 1.38 bits per heavy atom. The van der Waals surface area contributed by atoms with E-state index in [1.165, 1.54) is 6.33 Å². The summed E-state index contributed by atoms with van der Waals surface area (Å²) in [6.45, 7) is 0.388. The van der Waals surface area contributed by atoms with Crippen LogP contribution in [0, 0.1) is 0 Å². The van der Waals surface area contributed by atoms with Crippen molar-refractivity contribution in [3.05, 3.63) is 51.1 Å². The van der Waals surface area contributed by atoms with Gasteiger partial charge in [0.25, 0.3) is 5.56 Å². The Bertz CT molecular complexity index is 869. The van der Waals surface area contributed by atoms with Crippen LogP contribution in [0.5, 0.6) is 5.75 Å². The Hall–Kier alpha value is -2.15. The van der Waals surface area contributed by atoms with Crippen LogP contribution in [0.4, 0.5) is 0 Å². The Morgan fingerprint density at radius 3 is 2.95 bits per heavy atom. The summed E-state index contributed by atoms with van der Waals surface area (Å²) in [4.78, 5) is 16.7. The molecule has 0 radical (unpaired) electrons. The van der Waals surface area contributed by atoms with Crippen LogP contribution in [0.3, 0.4) is 0 Å². The lowest BCUT2D eigenvalue weighted by Crippen LogP contribution is -2.21. The molecule has 21 heavy (non-hydrogen) atoms. The Kier molecular flexibility index (Phi) is 3.50. The van der Waals surface area contributed by atoms with E-state index in [2.05, 4.69) is 26.0 Å². The Morgan fingerprint density at radius 2 is 2.19 bits per heavy atom. The molecule has 0 aliphatic heterocycles. The molecule has 0 aliphatic rings. The fourth-order valence-corrected chi connectivity index (χ4v) is 2.64. The molecule has 0 amide bonds. The van der Waals surface area contributed by atoms with Crippen LogP contribution in [0.25, 0.3) is 11.0 Å². The number of rotatable bonds is 3. The normalized spacial score (nSPS) is 11.0. The lowest BCUT2D eigenvalue weighted by molar-refractivity contribution is 0.408. The highest BCUT2D eigenvalue weighted by molar-refractivity contribution is 9.10. The van der Waals surface area contributed by atoms with E-state index >= 15 is 0 Å². The molecule has 0 unspecified atom stereocenters. The zero-order valence-electron chi connectivity index (χ0n) is 11.6. The van der Waals surface area contributed by atoms with Gasteiger partial charge in [0.15, 0.2) is 5.65 Å². The van der Waals surface area contributed by atoms with Gasteiger partial charge in [0.05, 0.1) is 19.9 Å². The van der Waals surface area contributed by atoms with Crippen molar-refractivity contribution in [2.75, 3.05) is 7.11 Å². The number of halogens is 1. The van der Waals surface area contributed by atoms with Gasteiger partial charge < -0.3 is 4.74 Å². The van der Waals surface area contributed by atoms with Gasteiger partial charge in [0, 0.05) is 17.1 Å². The van der Waals surface area contributed by atoms with E-state index < -0.39 is 0 Å². The molecule has 6 nitrogen and oxygen atoms in total. The van der Waals surface area contributed by atoms with E-state index in [0.717, 1.165) is 15.8 Å². The first kappa shape index (κ1) is 13.8. The number of hydrogen-bond acceptors (Lipinski definition) is 4. The Balaban J connectivity index is 2.08. The van der Waals surface area contributed by atoms with Gasteiger partial charge >= 0.3 is 0 Å². The van der Waals surface area contributed by atoms with Gasteiger partial charge in [-0.2, -0.15) is 5.10 Å². The second-order valence-electron chi connectivity index (χ2n) is 4.64. The van der Waals surface area contributed by atoms with Crippen LogP contribution in [0.2, 0.25) is 0 Å². The summed E-state index contributed by atoms with van der Waals surface area (Å²) in [5.41, 5.74) is 1.37. The second kappa shape index (κ2) is 5.33. The van der Waals surface area contributed by atoms with E-state index in [4.69, 9.17) is 4.74 Å². The highest BCUT2D eigenvalue weighted by Crippen LogP contribution is 2.23. The van der Waals surface area contributed by atoms with Crippen molar-refractivity contribution in [1.29, 1.82) is 0 Å². The largest absolute Gasteiger partial charge is 0.496 e. The fourth-order valence-electron chi connectivity index (χ4n) is 2.23. The summed E-state index contributed by atoms with van der Waals surface area (Å²) in [6, 6.07) is 5.69. The van der Waals surface area contributed by atoms with Crippen LogP contribution in [0.1, 0.15) is 5.56 Å². The van der Waals surface area contributed by atoms with Crippen LogP contribution >= 0.6 is 15.9 Å². The van der Waals surface area contributed by atoms with Crippen LogP contribution in [-0.4, -0.2) is 26.4 Å². The second-order valence-corrected chi connectivity index (χ2v) is 5.55. The number of hydrogen-bond donors (Lipinski definition) is 0. The number of benzene rings is 1. The molecule has 0 spiro atoms. The minimum atomic E-state index is -0.116. The topological polar surface area (TPSA) is 61.9 Å².